The lowest BCUT2D eigenvalue weighted by molar-refractivity contribution is 0.394. The van der Waals surface area contributed by atoms with Gasteiger partial charge in [-0.05, 0) is 24.3 Å². The molecule has 0 radical (unpaired) electrons. The summed E-state index contributed by atoms with van der Waals surface area (Å²) >= 11 is 0. The molecule has 0 saturated heterocycles. The highest BCUT2D eigenvalue weighted by atomic mass is 16.5. The van der Waals surface area contributed by atoms with E-state index in [2.05, 4.69) is 4.98 Å². The third kappa shape index (κ3) is 2.47. The van der Waals surface area contributed by atoms with Gasteiger partial charge in [0.1, 0.15) is 17.3 Å². The van der Waals surface area contributed by atoms with Crippen molar-refractivity contribution in [3.63, 3.8) is 0 Å². The van der Waals surface area contributed by atoms with Crippen LogP contribution in [-0.2, 0) is 0 Å². The highest BCUT2D eigenvalue weighted by Gasteiger charge is 2.05. The van der Waals surface area contributed by atoms with Crippen molar-refractivity contribution in [1.29, 1.82) is 0 Å². The van der Waals surface area contributed by atoms with Gasteiger partial charge in [-0.3, -0.25) is 0 Å². The minimum absolute atomic E-state index is 0.490. The Bertz CT molecular complexity index is 504. The van der Waals surface area contributed by atoms with Crippen LogP contribution in [0.2, 0.25) is 0 Å². The van der Waals surface area contributed by atoms with E-state index in [1.807, 2.05) is 30.3 Å². The van der Waals surface area contributed by atoms with Crippen molar-refractivity contribution in [3.8, 4) is 22.8 Å². The average molecular weight is 230 g/mol. The van der Waals surface area contributed by atoms with E-state index in [9.17, 15) is 0 Å². The van der Waals surface area contributed by atoms with Crippen LogP contribution in [-0.4, -0.2) is 19.2 Å². The van der Waals surface area contributed by atoms with Gasteiger partial charge >= 0.3 is 0 Å². The minimum Gasteiger partial charge on any atom is -0.497 e. The molecule has 0 unspecified atom stereocenters. The number of nitrogens with two attached hydrogens (primary N) is 1. The molecule has 0 bridgehead atoms. The number of ether oxygens (including phenoxy) is 2. The second kappa shape index (κ2) is 4.74. The first-order chi connectivity index (χ1) is 8.22. The lowest BCUT2D eigenvalue weighted by atomic mass is 10.1. The summed E-state index contributed by atoms with van der Waals surface area (Å²) in [4.78, 5) is 4.26. The fraction of sp³-hybridized carbons (Fsp3) is 0.154. The highest BCUT2D eigenvalue weighted by Crippen LogP contribution is 2.28. The number of aromatic nitrogens is 1. The summed E-state index contributed by atoms with van der Waals surface area (Å²) in [5, 5.41) is 0. The van der Waals surface area contributed by atoms with Crippen molar-refractivity contribution < 1.29 is 9.47 Å². The second-order valence-electron chi connectivity index (χ2n) is 3.55. The van der Waals surface area contributed by atoms with Gasteiger partial charge in [0.25, 0.3) is 0 Å². The van der Waals surface area contributed by atoms with Crippen molar-refractivity contribution in [3.05, 3.63) is 36.4 Å². The number of nitrogens with zero attached hydrogens (tertiary/aromatic N) is 1. The van der Waals surface area contributed by atoms with E-state index in [-0.39, 0.29) is 0 Å². The van der Waals surface area contributed by atoms with E-state index in [1.54, 1.807) is 20.3 Å². The fourth-order valence-electron chi connectivity index (χ4n) is 1.57. The molecule has 4 heteroatoms. The number of hydrogen-bond acceptors (Lipinski definition) is 4. The molecule has 0 fully saturated rings. The Morgan fingerprint density at radius 1 is 1.00 bits per heavy atom. The maximum atomic E-state index is 5.66. The van der Waals surface area contributed by atoms with Gasteiger partial charge in [0.05, 0.1) is 19.9 Å². The number of rotatable bonds is 3. The average Bonchev–Trinajstić information content (AvgIpc) is 2.38. The van der Waals surface area contributed by atoms with Crippen LogP contribution < -0.4 is 15.2 Å². The molecule has 0 saturated carbocycles. The summed E-state index contributed by atoms with van der Waals surface area (Å²) in [5.74, 6) is 1.94. The van der Waals surface area contributed by atoms with Crippen molar-refractivity contribution in [2.24, 2.45) is 0 Å². The van der Waals surface area contributed by atoms with Gasteiger partial charge in [0.2, 0.25) is 0 Å². The molecule has 0 aliphatic heterocycles. The predicted molar refractivity (Wildman–Crippen MR) is 67.2 cm³/mol. The number of nitrogen functional groups attached to an aromatic ring is 1. The molecule has 2 N–H and O–H groups in total. The Morgan fingerprint density at radius 2 is 1.65 bits per heavy atom. The number of benzene rings is 1. The van der Waals surface area contributed by atoms with E-state index in [1.165, 1.54) is 0 Å². The van der Waals surface area contributed by atoms with Gasteiger partial charge in [-0.1, -0.05) is 6.07 Å². The summed E-state index contributed by atoms with van der Waals surface area (Å²) in [6.07, 6.45) is 0. The molecule has 0 amide bonds. The van der Waals surface area contributed by atoms with Crippen LogP contribution in [0.15, 0.2) is 36.4 Å². The number of pyridine rings is 1. The lowest BCUT2D eigenvalue weighted by Gasteiger charge is -2.08. The third-order valence-corrected chi connectivity index (χ3v) is 2.42. The van der Waals surface area contributed by atoms with Crippen LogP contribution in [0.4, 0.5) is 5.82 Å². The Hall–Kier alpha value is -2.23. The Morgan fingerprint density at radius 3 is 2.18 bits per heavy atom. The van der Waals surface area contributed by atoms with Crippen molar-refractivity contribution in [1.82, 2.24) is 4.98 Å². The van der Waals surface area contributed by atoms with Crippen LogP contribution in [0, 0.1) is 0 Å². The largest absolute Gasteiger partial charge is 0.497 e. The zero-order valence-corrected chi connectivity index (χ0v) is 9.81. The Kier molecular flexibility index (Phi) is 3.14. The summed E-state index contributed by atoms with van der Waals surface area (Å²) in [6.45, 7) is 0. The molecular formula is C13H14N2O2. The van der Waals surface area contributed by atoms with Gasteiger partial charge in [-0.15, -0.1) is 0 Å². The third-order valence-electron chi connectivity index (χ3n) is 2.42. The van der Waals surface area contributed by atoms with E-state index < -0.39 is 0 Å². The second-order valence-corrected chi connectivity index (χ2v) is 3.55. The van der Waals surface area contributed by atoms with Crippen molar-refractivity contribution in [2.45, 2.75) is 0 Å². The molecule has 1 aromatic heterocycles. The molecule has 2 rings (SSSR count). The lowest BCUT2D eigenvalue weighted by Crippen LogP contribution is -1.93. The van der Waals surface area contributed by atoms with Crippen LogP contribution in [0.1, 0.15) is 0 Å². The van der Waals surface area contributed by atoms with Gasteiger partial charge in [-0.2, -0.15) is 0 Å². The highest BCUT2D eigenvalue weighted by molar-refractivity contribution is 5.65. The maximum absolute atomic E-state index is 5.66. The van der Waals surface area contributed by atoms with Crippen LogP contribution in [0.3, 0.4) is 0 Å². The standard InChI is InChI=1S/C13H14N2O2/c1-16-10-6-9(7-11(8-10)17-2)12-4-3-5-13(14)15-12/h3-8H,1-2H3,(H2,14,15). The number of anilines is 1. The molecule has 1 heterocycles. The number of hydrogen-bond donors (Lipinski definition) is 1. The SMILES string of the molecule is COc1cc(OC)cc(-c2cccc(N)n2)c1. The van der Waals surface area contributed by atoms with E-state index >= 15 is 0 Å². The molecule has 17 heavy (non-hydrogen) atoms. The Balaban J connectivity index is 2.50. The monoisotopic (exact) mass is 230 g/mol. The van der Waals surface area contributed by atoms with E-state index in [0.29, 0.717) is 5.82 Å². The molecule has 0 aliphatic rings. The van der Waals surface area contributed by atoms with Gasteiger partial charge in [0.15, 0.2) is 0 Å². The van der Waals surface area contributed by atoms with Crippen LogP contribution >= 0.6 is 0 Å². The van der Waals surface area contributed by atoms with E-state index in [0.717, 1.165) is 22.8 Å². The molecule has 0 aliphatic carbocycles. The summed E-state index contributed by atoms with van der Waals surface area (Å²) in [7, 11) is 3.23. The topological polar surface area (TPSA) is 57.4 Å². The first-order valence-electron chi connectivity index (χ1n) is 5.19. The van der Waals surface area contributed by atoms with Crippen molar-refractivity contribution in [2.75, 3.05) is 20.0 Å². The fourth-order valence-corrected chi connectivity index (χ4v) is 1.57. The molecule has 4 nitrogen and oxygen atoms in total. The summed E-state index contributed by atoms with van der Waals surface area (Å²) in [5.41, 5.74) is 7.37. The smallest absolute Gasteiger partial charge is 0.124 e. The van der Waals surface area contributed by atoms with E-state index in [4.69, 9.17) is 15.2 Å². The van der Waals surface area contributed by atoms with Crippen molar-refractivity contribution >= 4 is 5.82 Å². The normalized spacial score (nSPS) is 10.0. The summed E-state index contributed by atoms with van der Waals surface area (Å²) < 4.78 is 10.4. The molecule has 88 valence electrons. The minimum atomic E-state index is 0.490. The van der Waals surface area contributed by atoms with Gasteiger partial charge < -0.3 is 15.2 Å². The first-order valence-corrected chi connectivity index (χ1v) is 5.19. The van der Waals surface area contributed by atoms with Gasteiger partial charge in [0, 0.05) is 11.6 Å². The summed E-state index contributed by atoms with van der Waals surface area (Å²) in [6, 6.07) is 11.1. The molecular weight excluding hydrogens is 216 g/mol. The molecule has 2 aromatic rings. The van der Waals surface area contributed by atoms with Gasteiger partial charge in [-0.25, -0.2) is 4.98 Å². The maximum Gasteiger partial charge on any atom is 0.124 e. The zero-order valence-electron chi connectivity index (χ0n) is 9.81. The zero-order chi connectivity index (χ0) is 12.3. The van der Waals surface area contributed by atoms with Crippen LogP contribution in [0.5, 0.6) is 11.5 Å². The molecule has 0 spiro atoms. The molecule has 0 atom stereocenters. The quantitative estimate of drug-likeness (QED) is 0.879. The Labute approximate surface area is 100 Å². The predicted octanol–water partition coefficient (Wildman–Crippen LogP) is 2.35. The number of methoxy groups -OCH3 is 2. The van der Waals surface area contributed by atoms with Crippen LogP contribution in [0.25, 0.3) is 11.3 Å². The molecule has 1 aromatic carbocycles. The first kappa shape index (κ1) is 11.3.